The number of benzene rings is 1. The lowest BCUT2D eigenvalue weighted by atomic mass is 10.2. The smallest absolute Gasteiger partial charge is 0.229 e. The first-order valence-electron chi connectivity index (χ1n) is 7.41. The van der Waals surface area contributed by atoms with Gasteiger partial charge in [0.05, 0.1) is 16.7 Å². The van der Waals surface area contributed by atoms with E-state index in [-0.39, 0.29) is 0 Å². The van der Waals surface area contributed by atoms with Gasteiger partial charge in [0, 0.05) is 17.8 Å². The van der Waals surface area contributed by atoms with E-state index in [1.54, 1.807) is 0 Å². The number of imidazole rings is 1. The fourth-order valence-corrected chi connectivity index (χ4v) is 2.57. The Kier molecular flexibility index (Phi) is 3.75. The first-order valence-corrected chi connectivity index (χ1v) is 7.41. The van der Waals surface area contributed by atoms with Gasteiger partial charge < -0.3 is 10.3 Å². The number of rotatable bonds is 5. The molecule has 0 aliphatic heterocycles. The fourth-order valence-electron chi connectivity index (χ4n) is 2.57. The Morgan fingerprint density at radius 2 is 2.05 bits per heavy atom. The Bertz CT molecular complexity index is 720. The van der Waals surface area contributed by atoms with Gasteiger partial charge in [-0.05, 0) is 38.9 Å². The second-order valence-corrected chi connectivity index (χ2v) is 5.32. The zero-order valence-corrected chi connectivity index (χ0v) is 12.8. The molecule has 1 aromatic carbocycles. The highest BCUT2D eigenvalue weighted by molar-refractivity contribution is 5.75. The molecular weight excluding hydrogens is 262 g/mol. The van der Waals surface area contributed by atoms with Crippen molar-refractivity contribution in [3.8, 4) is 5.95 Å². The maximum atomic E-state index is 4.64. The SMILES string of the molecule is CCCNCc1c(C)nn(-c2nc3ccccc3[nH]2)c1C. The van der Waals surface area contributed by atoms with Crippen LogP contribution in [-0.2, 0) is 6.54 Å². The molecule has 110 valence electrons. The summed E-state index contributed by atoms with van der Waals surface area (Å²) in [7, 11) is 0. The van der Waals surface area contributed by atoms with E-state index in [9.17, 15) is 0 Å². The number of hydrogen-bond donors (Lipinski definition) is 2. The Morgan fingerprint density at radius 1 is 1.24 bits per heavy atom. The normalized spacial score (nSPS) is 11.4. The average molecular weight is 283 g/mol. The third-order valence-electron chi connectivity index (χ3n) is 3.75. The molecule has 3 rings (SSSR count). The van der Waals surface area contributed by atoms with Crippen LogP contribution in [-0.4, -0.2) is 26.3 Å². The summed E-state index contributed by atoms with van der Waals surface area (Å²) in [5, 5.41) is 8.08. The second-order valence-electron chi connectivity index (χ2n) is 5.32. The van der Waals surface area contributed by atoms with Gasteiger partial charge in [-0.3, -0.25) is 0 Å². The quantitative estimate of drug-likeness (QED) is 0.708. The molecule has 0 unspecified atom stereocenters. The number of H-pyrrole nitrogens is 1. The maximum absolute atomic E-state index is 4.64. The number of nitrogens with zero attached hydrogens (tertiary/aromatic N) is 3. The molecule has 0 radical (unpaired) electrons. The highest BCUT2D eigenvalue weighted by atomic mass is 15.4. The van der Waals surface area contributed by atoms with Gasteiger partial charge in [-0.25, -0.2) is 9.67 Å². The van der Waals surface area contributed by atoms with E-state index in [4.69, 9.17) is 0 Å². The zero-order valence-electron chi connectivity index (χ0n) is 12.8. The van der Waals surface area contributed by atoms with Crippen LogP contribution in [0.1, 0.15) is 30.3 Å². The molecule has 0 atom stereocenters. The number of aromatic amines is 1. The number of aryl methyl sites for hydroxylation is 1. The number of aromatic nitrogens is 4. The van der Waals surface area contributed by atoms with E-state index in [1.165, 1.54) is 5.56 Å². The number of hydrogen-bond acceptors (Lipinski definition) is 3. The predicted molar refractivity (Wildman–Crippen MR) is 84.7 cm³/mol. The van der Waals surface area contributed by atoms with Crippen LogP contribution in [0.2, 0.25) is 0 Å². The van der Waals surface area contributed by atoms with Crippen LogP contribution in [0.4, 0.5) is 0 Å². The van der Waals surface area contributed by atoms with Crippen LogP contribution < -0.4 is 5.32 Å². The molecule has 21 heavy (non-hydrogen) atoms. The van der Waals surface area contributed by atoms with Crippen molar-refractivity contribution in [2.45, 2.75) is 33.7 Å². The molecule has 0 aliphatic rings. The van der Waals surface area contributed by atoms with E-state index >= 15 is 0 Å². The van der Waals surface area contributed by atoms with E-state index < -0.39 is 0 Å². The molecule has 2 N–H and O–H groups in total. The minimum absolute atomic E-state index is 0.776. The van der Waals surface area contributed by atoms with Crippen LogP contribution >= 0.6 is 0 Å². The molecule has 0 spiro atoms. The molecule has 0 bridgehead atoms. The average Bonchev–Trinajstić information content (AvgIpc) is 3.02. The summed E-state index contributed by atoms with van der Waals surface area (Å²) < 4.78 is 1.90. The van der Waals surface area contributed by atoms with Crippen LogP contribution in [0, 0.1) is 13.8 Å². The van der Waals surface area contributed by atoms with Crippen LogP contribution in [0.25, 0.3) is 17.0 Å². The zero-order chi connectivity index (χ0) is 14.8. The molecule has 5 heteroatoms. The third kappa shape index (κ3) is 2.56. The van der Waals surface area contributed by atoms with Gasteiger partial charge in [-0.2, -0.15) is 5.10 Å². The van der Waals surface area contributed by atoms with Crippen molar-refractivity contribution >= 4 is 11.0 Å². The topological polar surface area (TPSA) is 58.5 Å². The third-order valence-corrected chi connectivity index (χ3v) is 3.75. The van der Waals surface area contributed by atoms with Crippen molar-refractivity contribution in [2.75, 3.05) is 6.54 Å². The Morgan fingerprint density at radius 3 is 2.81 bits per heavy atom. The van der Waals surface area contributed by atoms with Crippen molar-refractivity contribution in [2.24, 2.45) is 0 Å². The Labute approximate surface area is 124 Å². The minimum Gasteiger partial charge on any atom is -0.322 e. The van der Waals surface area contributed by atoms with Crippen molar-refractivity contribution < 1.29 is 0 Å². The van der Waals surface area contributed by atoms with Crippen LogP contribution in [0.5, 0.6) is 0 Å². The number of fused-ring (bicyclic) bond motifs is 1. The van der Waals surface area contributed by atoms with Gasteiger partial charge in [0.25, 0.3) is 0 Å². The first-order chi connectivity index (χ1) is 10.2. The Hall–Kier alpha value is -2.14. The monoisotopic (exact) mass is 283 g/mol. The lowest BCUT2D eigenvalue weighted by Gasteiger charge is -2.04. The summed E-state index contributed by atoms with van der Waals surface area (Å²) in [6.07, 6.45) is 1.13. The molecule has 5 nitrogen and oxygen atoms in total. The van der Waals surface area contributed by atoms with E-state index in [0.29, 0.717) is 0 Å². The van der Waals surface area contributed by atoms with Gasteiger partial charge in [0.15, 0.2) is 0 Å². The first kappa shape index (κ1) is 13.8. The Balaban J connectivity index is 1.96. The molecule has 3 aromatic rings. The minimum atomic E-state index is 0.776. The van der Waals surface area contributed by atoms with Gasteiger partial charge in [0.1, 0.15) is 0 Å². The van der Waals surface area contributed by atoms with Crippen molar-refractivity contribution in [3.05, 3.63) is 41.2 Å². The molecule has 0 aliphatic carbocycles. The maximum Gasteiger partial charge on any atom is 0.229 e. The van der Waals surface area contributed by atoms with Crippen LogP contribution in [0.3, 0.4) is 0 Å². The van der Waals surface area contributed by atoms with Crippen LogP contribution in [0.15, 0.2) is 24.3 Å². The van der Waals surface area contributed by atoms with Crippen molar-refractivity contribution in [1.82, 2.24) is 25.1 Å². The van der Waals surface area contributed by atoms with Crippen molar-refractivity contribution in [3.63, 3.8) is 0 Å². The molecule has 0 fully saturated rings. The number of para-hydroxylation sites is 2. The lowest BCUT2D eigenvalue weighted by Crippen LogP contribution is -2.15. The van der Waals surface area contributed by atoms with Crippen molar-refractivity contribution in [1.29, 1.82) is 0 Å². The molecule has 2 aromatic heterocycles. The second kappa shape index (κ2) is 5.69. The predicted octanol–water partition coefficient (Wildman–Crippen LogP) is 2.87. The van der Waals surface area contributed by atoms with E-state index in [1.807, 2.05) is 28.9 Å². The van der Waals surface area contributed by atoms with E-state index in [0.717, 1.165) is 47.9 Å². The summed E-state index contributed by atoms with van der Waals surface area (Å²) in [6, 6.07) is 8.03. The molecule has 2 heterocycles. The fraction of sp³-hybridized carbons (Fsp3) is 0.375. The summed E-state index contributed by atoms with van der Waals surface area (Å²) in [5.41, 5.74) is 5.44. The lowest BCUT2D eigenvalue weighted by molar-refractivity contribution is 0.670. The summed E-state index contributed by atoms with van der Waals surface area (Å²) in [6.45, 7) is 8.19. The summed E-state index contributed by atoms with van der Waals surface area (Å²) in [4.78, 5) is 7.95. The van der Waals surface area contributed by atoms with Gasteiger partial charge >= 0.3 is 0 Å². The van der Waals surface area contributed by atoms with Gasteiger partial charge in [-0.15, -0.1) is 0 Å². The molecule has 0 saturated heterocycles. The largest absolute Gasteiger partial charge is 0.322 e. The number of nitrogens with one attached hydrogen (secondary N) is 2. The standard InChI is InChI=1S/C16H21N5/c1-4-9-17-10-13-11(2)20-21(12(13)3)16-18-14-7-5-6-8-15(14)19-16/h5-8,17H,4,9-10H2,1-3H3,(H,18,19). The molecular formula is C16H21N5. The molecule has 0 saturated carbocycles. The highest BCUT2D eigenvalue weighted by Gasteiger charge is 2.14. The summed E-state index contributed by atoms with van der Waals surface area (Å²) >= 11 is 0. The highest BCUT2D eigenvalue weighted by Crippen LogP contribution is 2.18. The van der Waals surface area contributed by atoms with Gasteiger partial charge in [-0.1, -0.05) is 19.1 Å². The van der Waals surface area contributed by atoms with Gasteiger partial charge in [0.2, 0.25) is 5.95 Å². The molecule has 0 amide bonds. The summed E-state index contributed by atoms with van der Waals surface area (Å²) in [5.74, 6) is 0.776. The van der Waals surface area contributed by atoms with E-state index in [2.05, 4.69) is 41.2 Å².